The Morgan fingerprint density at radius 2 is 2.11 bits per heavy atom. The second-order valence-electron chi connectivity index (χ2n) is 3.42. The predicted molar refractivity (Wildman–Crippen MR) is 64.1 cm³/mol. The van der Waals surface area contributed by atoms with E-state index in [4.69, 9.17) is 11.6 Å². The molecule has 0 saturated carbocycles. The predicted octanol–water partition coefficient (Wildman–Crippen LogP) is 3.21. The number of halogens is 4. The average molecular weight is 295 g/mol. The van der Waals surface area contributed by atoms with Gasteiger partial charge in [0, 0.05) is 0 Å². The Balaban J connectivity index is 2.33. The lowest BCUT2D eigenvalue weighted by molar-refractivity contribution is -0.137. The van der Waals surface area contributed by atoms with E-state index in [1.165, 1.54) is 6.07 Å². The Morgan fingerprint density at radius 1 is 1.39 bits per heavy atom. The highest BCUT2D eigenvalue weighted by Crippen LogP contribution is 2.37. The number of rotatable bonds is 1. The van der Waals surface area contributed by atoms with E-state index in [1.807, 2.05) is 0 Å². The molecule has 8 heteroatoms. The highest BCUT2D eigenvalue weighted by atomic mass is 35.5. The topological polar surface area (TPSA) is 41.5 Å². The number of benzene rings is 1. The van der Waals surface area contributed by atoms with Crippen LogP contribution in [0.3, 0.4) is 0 Å². The van der Waals surface area contributed by atoms with Gasteiger partial charge in [0.1, 0.15) is 0 Å². The van der Waals surface area contributed by atoms with Gasteiger partial charge in [-0.25, -0.2) is 4.99 Å². The summed E-state index contributed by atoms with van der Waals surface area (Å²) in [6.45, 7) is 0. The lowest BCUT2D eigenvalue weighted by Crippen LogP contribution is -2.19. The van der Waals surface area contributed by atoms with Crippen molar-refractivity contribution in [3.8, 4) is 0 Å². The number of aliphatic imine (C=N–C) groups is 1. The zero-order valence-corrected chi connectivity index (χ0v) is 10.3. The summed E-state index contributed by atoms with van der Waals surface area (Å²) in [6, 6.07) is 3.33. The van der Waals surface area contributed by atoms with Gasteiger partial charge in [0.05, 0.1) is 22.0 Å². The first kappa shape index (κ1) is 13.2. The SMILES string of the molecule is O=C1CSC(=Nc2ccc(Cl)c(C(F)(F)F)c2)N1. The van der Waals surface area contributed by atoms with E-state index in [1.54, 1.807) is 0 Å². The fraction of sp³-hybridized carbons (Fsp3) is 0.200. The van der Waals surface area contributed by atoms with E-state index in [0.717, 1.165) is 23.9 Å². The van der Waals surface area contributed by atoms with E-state index in [0.29, 0.717) is 0 Å². The van der Waals surface area contributed by atoms with Crippen molar-refractivity contribution in [3.63, 3.8) is 0 Å². The summed E-state index contributed by atoms with van der Waals surface area (Å²) >= 11 is 6.62. The first-order chi connectivity index (χ1) is 8.36. The maximum Gasteiger partial charge on any atom is 0.417 e. The highest BCUT2D eigenvalue weighted by molar-refractivity contribution is 8.15. The third kappa shape index (κ3) is 2.97. The van der Waals surface area contributed by atoms with Gasteiger partial charge in [-0.2, -0.15) is 13.2 Å². The molecule has 1 heterocycles. The smallest absolute Gasteiger partial charge is 0.304 e. The van der Waals surface area contributed by atoms with Crippen molar-refractivity contribution in [3.05, 3.63) is 28.8 Å². The lowest BCUT2D eigenvalue weighted by Gasteiger charge is -2.09. The van der Waals surface area contributed by atoms with Crippen LogP contribution in [0.5, 0.6) is 0 Å². The van der Waals surface area contributed by atoms with Crippen LogP contribution in [0.15, 0.2) is 23.2 Å². The molecule has 18 heavy (non-hydrogen) atoms. The molecule has 96 valence electrons. The highest BCUT2D eigenvalue weighted by Gasteiger charge is 2.33. The molecule has 1 aromatic rings. The Labute approximate surface area is 109 Å². The molecule has 0 aliphatic carbocycles. The van der Waals surface area contributed by atoms with E-state index < -0.39 is 11.7 Å². The number of nitrogens with zero attached hydrogens (tertiary/aromatic N) is 1. The Bertz CT molecular complexity index is 530. The third-order valence-corrected chi connectivity index (χ3v) is 3.28. The van der Waals surface area contributed by atoms with Crippen molar-refractivity contribution in [1.29, 1.82) is 0 Å². The minimum absolute atomic E-state index is 0.0939. The van der Waals surface area contributed by atoms with Crippen molar-refractivity contribution < 1.29 is 18.0 Å². The summed E-state index contributed by atoms with van der Waals surface area (Å²) in [5, 5.41) is 2.34. The van der Waals surface area contributed by atoms with Crippen molar-refractivity contribution in [2.75, 3.05) is 5.75 Å². The molecule has 1 aromatic carbocycles. The molecule has 1 amide bonds. The van der Waals surface area contributed by atoms with Crippen LogP contribution in [0, 0.1) is 0 Å². The molecule has 2 rings (SSSR count). The number of hydrogen-bond acceptors (Lipinski definition) is 3. The first-order valence-corrected chi connectivity index (χ1v) is 6.11. The van der Waals surface area contributed by atoms with Gasteiger partial charge in [0.15, 0.2) is 5.17 Å². The molecular formula is C10H6ClF3N2OS. The molecule has 1 fully saturated rings. The molecule has 1 aliphatic heterocycles. The minimum atomic E-state index is -4.53. The van der Waals surface area contributed by atoms with Crippen LogP contribution in [-0.4, -0.2) is 16.8 Å². The van der Waals surface area contributed by atoms with Crippen molar-refractivity contribution in [2.24, 2.45) is 4.99 Å². The van der Waals surface area contributed by atoms with Gasteiger partial charge < -0.3 is 5.32 Å². The number of hydrogen-bond donors (Lipinski definition) is 1. The van der Waals surface area contributed by atoms with Crippen LogP contribution >= 0.6 is 23.4 Å². The molecule has 0 aromatic heterocycles. The summed E-state index contributed by atoms with van der Waals surface area (Å²) in [5.74, 6) is 0.00204. The van der Waals surface area contributed by atoms with Gasteiger partial charge in [-0.1, -0.05) is 23.4 Å². The van der Waals surface area contributed by atoms with Gasteiger partial charge >= 0.3 is 6.18 Å². The Morgan fingerprint density at radius 3 is 2.67 bits per heavy atom. The van der Waals surface area contributed by atoms with E-state index in [-0.39, 0.29) is 27.5 Å². The second-order valence-corrected chi connectivity index (χ2v) is 4.79. The number of carbonyl (C=O) groups is 1. The zero-order valence-electron chi connectivity index (χ0n) is 8.71. The molecule has 1 aliphatic rings. The molecule has 1 N–H and O–H groups in total. The minimum Gasteiger partial charge on any atom is -0.304 e. The number of nitrogens with one attached hydrogen (secondary N) is 1. The standard InChI is InChI=1S/C10H6ClF3N2OS/c11-7-2-1-5(3-6(7)10(12,13)14)15-9-16-8(17)4-18-9/h1-3H,4H2,(H,15,16,17). The number of alkyl halides is 3. The van der Waals surface area contributed by atoms with E-state index in [9.17, 15) is 18.0 Å². The molecule has 0 spiro atoms. The van der Waals surface area contributed by atoms with Gasteiger partial charge in [0.2, 0.25) is 5.91 Å². The molecule has 1 saturated heterocycles. The van der Waals surface area contributed by atoms with Crippen LogP contribution < -0.4 is 5.32 Å². The fourth-order valence-corrected chi connectivity index (χ4v) is 2.22. The van der Waals surface area contributed by atoms with Gasteiger partial charge in [-0.15, -0.1) is 0 Å². The molecular weight excluding hydrogens is 289 g/mol. The van der Waals surface area contributed by atoms with Gasteiger partial charge in [-0.3, -0.25) is 4.79 Å². The van der Waals surface area contributed by atoms with Crippen molar-refractivity contribution in [1.82, 2.24) is 5.32 Å². The largest absolute Gasteiger partial charge is 0.417 e. The maximum absolute atomic E-state index is 12.6. The van der Waals surface area contributed by atoms with E-state index >= 15 is 0 Å². The van der Waals surface area contributed by atoms with Gasteiger partial charge in [0.25, 0.3) is 0 Å². The molecule has 0 bridgehead atoms. The Hall–Kier alpha value is -1.21. The third-order valence-electron chi connectivity index (χ3n) is 2.07. The summed E-state index contributed by atoms with van der Waals surface area (Å²) < 4.78 is 37.8. The fourth-order valence-electron chi connectivity index (χ4n) is 1.30. The summed E-state index contributed by atoms with van der Waals surface area (Å²) in [5.41, 5.74) is -0.850. The second kappa shape index (κ2) is 4.81. The first-order valence-electron chi connectivity index (χ1n) is 4.74. The molecule has 0 radical (unpaired) electrons. The van der Waals surface area contributed by atoms with Crippen molar-refractivity contribution in [2.45, 2.75) is 6.18 Å². The van der Waals surface area contributed by atoms with Crippen LogP contribution in [0.1, 0.15) is 5.56 Å². The summed E-state index contributed by atoms with van der Waals surface area (Å²) in [6.07, 6.45) is -4.53. The van der Waals surface area contributed by atoms with Crippen molar-refractivity contribution >= 4 is 40.1 Å². The van der Waals surface area contributed by atoms with Gasteiger partial charge in [-0.05, 0) is 18.2 Å². The number of amides is 1. The maximum atomic E-state index is 12.6. The summed E-state index contributed by atoms with van der Waals surface area (Å²) in [4.78, 5) is 14.8. The van der Waals surface area contributed by atoms with Crippen LogP contribution in [0.4, 0.5) is 18.9 Å². The number of carbonyl (C=O) groups excluding carboxylic acids is 1. The Kier molecular flexibility index (Phi) is 3.54. The van der Waals surface area contributed by atoms with Crippen LogP contribution in [-0.2, 0) is 11.0 Å². The monoisotopic (exact) mass is 294 g/mol. The zero-order chi connectivity index (χ0) is 13.3. The normalized spacial score (nSPS) is 18.2. The van der Waals surface area contributed by atoms with Crippen LogP contribution in [0.2, 0.25) is 5.02 Å². The molecule has 3 nitrogen and oxygen atoms in total. The number of amidine groups is 1. The lowest BCUT2D eigenvalue weighted by atomic mass is 10.2. The number of thioether (sulfide) groups is 1. The van der Waals surface area contributed by atoms with Crippen LogP contribution in [0.25, 0.3) is 0 Å². The quantitative estimate of drug-likeness (QED) is 0.864. The molecule has 0 atom stereocenters. The average Bonchev–Trinajstić information content (AvgIpc) is 2.65. The summed E-state index contributed by atoms with van der Waals surface area (Å²) in [7, 11) is 0. The van der Waals surface area contributed by atoms with E-state index in [2.05, 4.69) is 10.3 Å². The molecule has 0 unspecified atom stereocenters.